The third-order valence-electron chi connectivity index (χ3n) is 4.39. The Morgan fingerprint density at radius 3 is 2.56 bits per heavy atom. The van der Waals surface area contributed by atoms with Crippen molar-refractivity contribution in [3.63, 3.8) is 0 Å². The first-order valence-electron chi connectivity index (χ1n) is 8.80. The first-order chi connectivity index (χ1) is 13.0. The first kappa shape index (κ1) is 19.4. The molecule has 0 heterocycles. The van der Waals surface area contributed by atoms with Crippen LogP contribution in [0.15, 0.2) is 47.4 Å². The summed E-state index contributed by atoms with van der Waals surface area (Å²) in [6.45, 7) is 0. The zero-order valence-corrected chi connectivity index (χ0v) is 15.5. The van der Waals surface area contributed by atoms with Crippen molar-refractivity contribution in [1.29, 1.82) is 0 Å². The number of benzene rings is 2. The van der Waals surface area contributed by atoms with Crippen molar-refractivity contribution in [3.8, 4) is 0 Å². The van der Waals surface area contributed by atoms with Gasteiger partial charge in [-0.3, -0.25) is 9.59 Å². The molecule has 2 N–H and O–H groups in total. The number of anilines is 1. The fourth-order valence-corrected chi connectivity index (χ4v) is 3.77. The van der Waals surface area contributed by atoms with Gasteiger partial charge in [0.15, 0.2) is 0 Å². The molecular weight excluding hydrogens is 370 g/mol. The Kier molecular flexibility index (Phi) is 6.45. The van der Waals surface area contributed by atoms with Crippen LogP contribution in [0, 0.1) is 11.6 Å². The van der Waals surface area contributed by atoms with Crippen LogP contribution in [0.3, 0.4) is 0 Å². The van der Waals surface area contributed by atoms with Crippen LogP contribution in [-0.4, -0.2) is 23.6 Å². The Morgan fingerprint density at radius 1 is 1.07 bits per heavy atom. The van der Waals surface area contributed by atoms with Crippen LogP contribution >= 0.6 is 11.8 Å². The fourth-order valence-electron chi connectivity index (χ4n) is 3.05. The van der Waals surface area contributed by atoms with Gasteiger partial charge < -0.3 is 10.6 Å². The van der Waals surface area contributed by atoms with Crippen LogP contribution in [0.2, 0.25) is 0 Å². The molecule has 1 fully saturated rings. The van der Waals surface area contributed by atoms with Gasteiger partial charge >= 0.3 is 0 Å². The summed E-state index contributed by atoms with van der Waals surface area (Å²) in [4.78, 5) is 24.9. The lowest BCUT2D eigenvalue weighted by molar-refractivity contribution is -0.113. The molecule has 0 radical (unpaired) electrons. The number of rotatable bonds is 6. The second-order valence-corrected chi connectivity index (χ2v) is 7.43. The summed E-state index contributed by atoms with van der Waals surface area (Å²) in [7, 11) is 0. The van der Waals surface area contributed by atoms with E-state index < -0.39 is 11.6 Å². The Morgan fingerprint density at radius 2 is 1.81 bits per heavy atom. The molecule has 0 bridgehead atoms. The maximum Gasteiger partial charge on any atom is 0.253 e. The highest BCUT2D eigenvalue weighted by Gasteiger charge is 2.20. The number of carbonyl (C=O) groups is 2. The van der Waals surface area contributed by atoms with E-state index in [1.807, 2.05) is 0 Å². The largest absolute Gasteiger partial charge is 0.349 e. The van der Waals surface area contributed by atoms with E-state index in [9.17, 15) is 18.4 Å². The van der Waals surface area contributed by atoms with Crippen molar-refractivity contribution in [1.82, 2.24) is 5.32 Å². The Bertz CT molecular complexity index is 838. The standard InChI is InChI=1S/C20H20F2N2O2S/c21-13-9-10-18(16(22)11-13)27-12-19(25)24-17-8-4-3-7-15(17)20(26)23-14-5-1-2-6-14/h3-4,7-11,14H,1-2,5-6,12H2,(H,23,26)(H,24,25). The quantitative estimate of drug-likeness (QED) is 0.720. The number of thioether (sulfide) groups is 1. The van der Waals surface area contributed by atoms with Crippen LogP contribution in [0.1, 0.15) is 36.0 Å². The number of para-hydroxylation sites is 1. The summed E-state index contributed by atoms with van der Waals surface area (Å²) in [6, 6.07) is 10.2. The molecule has 2 aromatic rings. The maximum absolute atomic E-state index is 13.6. The van der Waals surface area contributed by atoms with E-state index in [1.165, 1.54) is 6.07 Å². The van der Waals surface area contributed by atoms with E-state index in [0.717, 1.165) is 49.6 Å². The molecule has 0 unspecified atom stereocenters. The van der Waals surface area contributed by atoms with Gasteiger partial charge in [0, 0.05) is 17.0 Å². The van der Waals surface area contributed by atoms with E-state index in [2.05, 4.69) is 10.6 Å². The lowest BCUT2D eigenvalue weighted by atomic mass is 10.1. The predicted molar refractivity (Wildman–Crippen MR) is 102 cm³/mol. The van der Waals surface area contributed by atoms with Gasteiger partial charge in [0.1, 0.15) is 11.6 Å². The highest BCUT2D eigenvalue weighted by molar-refractivity contribution is 8.00. The molecule has 2 aromatic carbocycles. The lowest BCUT2D eigenvalue weighted by Crippen LogP contribution is -2.33. The molecule has 0 spiro atoms. The van der Waals surface area contributed by atoms with Crippen LogP contribution in [0.5, 0.6) is 0 Å². The maximum atomic E-state index is 13.6. The minimum atomic E-state index is -0.704. The Balaban J connectivity index is 1.61. The number of amides is 2. The fraction of sp³-hybridized carbons (Fsp3) is 0.300. The van der Waals surface area contributed by atoms with Crippen molar-refractivity contribution < 1.29 is 18.4 Å². The van der Waals surface area contributed by atoms with E-state index in [4.69, 9.17) is 0 Å². The summed E-state index contributed by atoms with van der Waals surface area (Å²) < 4.78 is 26.6. The van der Waals surface area contributed by atoms with Gasteiger partial charge in [-0.15, -0.1) is 11.8 Å². The number of nitrogens with one attached hydrogen (secondary N) is 2. The Labute approximate surface area is 160 Å². The van der Waals surface area contributed by atoms with Crippen LogP contribution in [0.4, 0.5) is 14.5 Å². The summed E-state index contributed by atoms with van der Waals surface area (Å²) in [6.07, 6.45) is 4.17. The summed E-state index contributed by atoms with van der Waals surface area (Å²) in [5, 5.41) is 5.70. The number of hydrogen-bond acceptors (Lipinski definition) is 3. The van der Waals surface area contributed by atoms with Gasteiger partial charge in [0.05, 0.1) is 17.0 Å². The summed E-state index contributed by atoms with van der Waals surface area (Å²) in [5.74, 6) is -2.01. The second kappa shape index (κ2) is 8.99. The molecule has 0 aliphatic heterocycles. The van der Waals surface area contributed by atoms with E-state index in [-0.39, 0.29) is 28.5 Å². The van der Waals surface area contributed by atoms with Gasteiger partial charge in [-0.2, -0.15) is 0 Å². The average molecular weight is 390 g/mol. The van der Waals surface area contributed by atoms with Crippen molar-refractivity contribution in [2.75, 3.05) is 11.1 Å². The topological polar surface area (TPSA) is 58.2 Å². The summed E-state index contributed by atoms with van der Waals surface area (Å²) >= 11 is 0.969. The molecular formula is C20H20F2N2O2S. The third-order valence-corrected chi connectivity index (χ3v) is 5.44. The molecule has 1 saturated carbocycles. The van der Waals surface area contributed by atoms with Gasteiger partial charge in [-0.05, 0) is 37.1 Å². The number of carbonyl (C=O) groups excluding carboxylic acids is 2. The highest BCUT2D eigenvalue weighted by atomic mass is 32.2. The molecule has 142 valence electrons. The third kappa shape index (κ3) is 5.29. The molecule has 3 rings (SSSR count). The van der Waals surface area contributed by atoms with Crippen LogP contribution in [0.25, 0.3) is 0 Å². The monoisotopic (exact) mass is 390 g/mol. The predicted octanol–water partition coefficient (Wildman–Crippen LogP) is 4.37. The van der Waals surface area contributed by atoms with Gasteiger partial charge in [0.2, 0.25) is 5.91 Å². The minimum absolute atomic E-state index is 0.0544. The molecule has 0 aromatic heterocycles. The van der Waals surface area contributed by atoms with Crippen molar-refractivity contribution in [2.45, 2.75) is 36.6 Å². The van der Waals surface area contributed by atoms with Gasteiger partial charge in [0.25, 0.3) is 5.91 Å². The van der Waals surface area contributed by atoms with Crippen molar-refractivity contribution in [2.24, 2.45) is 0 Å². The SMILES string of the molecule is O=C(CSc1ccc(F)cc1F)Nc1ccccc1C(=O)NC1CCCC1. The molecule has 27 heavy (non-hydrogen) atoms. The lowest BCUT2D eigenvalue weighted by Gasteiger charge is -2.15. The van der Waals surface area contributed by atoms with E-state index >= 15 is 0 Å². The molecule has 7 heteroatoms. The van der Waals surface area contributed by atoms with Gasteiger partial charge in [-0.25, -0.2) is 8.78 Å². The van der Waals surface area contributed by atoms with E-state index in [1.54, 1.807) is 24.3 Å². The second-order valence-electron chi connectivity index (χ2n) is 6.41. The van der Waals surface area contributed by atoms with Crippen LogP contribution < -0.4 is 10.6 Å². The Hall–Kier alpha value is -2.41. The molecule has 1 aliphatic carbocycles. The molecule has 2 amide bonds. The van der Waals surface area contributed by atoms with Crippen molar-refractivity contribution >= 4 is 29.3 Å². The molecule has 0 saturated heterocycles. The zero-order chi connectivity index (χ0) is 19.2. The summed E-state index contributed by atoms with van der Waals surface area (Å²) in [5.41, 5.74) is 0.814. The average Bonchev–Trinajstić information content (AvgIpc) is 3.14. The first-order valence-corrected chi connectivity index (χ1v) is 9.79. The number of hydrogen-bond donors (Lipinski definition) is 2. The normalized spacial score (nSPS) is 14.1. The smallest absolute Gasteiger partial charge is 0.253 e. The molecule has 1 aliphatic rings. The molecule has 4 nitrogen and oxygen atoms in total. The van der Waals surface area contributed by atoms with Crippen molar-refractivity contribution in [3.05, 3.63) is 59.7 Å². The highest BCUT2D eigenvalue weighted by Crippen LogP contribution is 2.24. The van der Waals surface area contributed by atoms with Crippen LogP contribution in [-0.2, 0) is 4.79 Å². The molecule has 0 atom stereocenters. The van der Waals surface area contributed by atoms with Gasteiger partial charge in [-0.1, -0.05) is 25.0 Å². The minimum Gasteiger partial charge on any atom is -0.349 e. The zero-order valence-electron chi connectivity index (χ0n) is 14.6. The van der Waals surface area contributed by atoms with E-state index in [0.29, 0.717) is 11.3 Å². The number of halogens is 2.